The van der Waals surface area contributed by atoms with Crippen LogP contribution >= 0.6 is 28.1 Å². The average molecular weight is 365 g/mol. The van der Waals surface area contributed by atoms with Crippen LogP contribution < -0.4 is 15.8 Å². The molecule has 2 rings (SSSR count). The second-order valence-corrected chi connectivity index (χ2v) is 6.00. The van der Waals surface area contributed by atoms with E-state index in [4.69, 9.17) is 22.7 Å². The Labute approximate surface area is 138 Å². The van der Waals surface area contributed by atoms with Crippen LogP contribution in [-0.2, 0) is 0 Å². The molecule has 3 nitrogen and oxygen atoms in total. The van der Waals surface area contributed by atoms with Gasteiger partial charge in [-0.2, -0.15) is 0 Å². The molecule has 0 spiro atoms. The van der Waals surface area contributed by atoms with Gasteiger partial charge >= 0.3 is 0 Å². The fraction of sp³-hybridized carbons (Fsp3) is 0.188. The van der Waals surface area contributed by atoms with Gasteiger partial charge in [-0.1, -0.05) is 40.3 Å². The van der Waals surface area contributed by atoms with Gasteiger partial charge in [0.1, 0.15) is 17.3 Å². The first-order valence-corrected chi connectivity index (χ1v) is 7.79. The van der Waals surface area contributed by atoms with Crippen LogP contribution in [0, 0.1) is 6.92 Å². The van der Waals surface area contributed by atoms with E-state index in [2.05, 4.69) is 21.2 Å². The number of thiocarbonyl (C=S) groups is 1. The van der Waals surface area contributed by atoms with Gasteiger partial charge < -0.3 is 15.8 Å². The van der Waals surface area contributed by atoms with Crippen LogP contribution in [0.1, 0.15) is 11.1 Å². The topological polar surface area (TPSA) is 47.3 Å². The molecule has 0 amide bonds. The summed E-state index contributed by atoms with van der Waals surface area (Å²) in [4.78, 5) is 0.374. The highest BCUT2D eigenvalue weighted by Crippen LogP contribution is 2.21. The van der Waals surface area contributed by atoms with E-state index < -0.39 is 0 Å². The molecule has 2 aromatic carbocycles. The molecule has 2 aromatic rings. The molecule has 21 heavy (non-hydrogen) atoms. The van der Waals surface area contributed by atoms with E-state index in [9.17, 15) is 0 Å². The first-order valence-electron chi connectivity index (χ1n) is 6.59. The van der Waals surface area contributed by atoms with Crippen molar-refractivity contribution in [3.63, 3.8) is 0 Å². The molecule has 110 valence electrons. The molecule has 0 bridgehead atoms. The maximum atomic E-state index is 5.73. The number of anilines is 1. The highest BCUT2D eigenvalue weighted by molar-refractivity contribution is 9.10. The summed E-state index contributed by atoms with van der Waals surface area (Å²) in [7, 11) is 0. The second kappa shape index (κ2) is 7.43. The van der Waals surface area contributed by atoms with E-state index in [1.165, 1.54) is 5.56 Å². The van der Waals surface area contributed by atoms with E-state index in [1.54, 1.807) is 0 Å². The number of ether oxygens (including phenoxy) is 1. The molecular weight excluding hydrogens is 348 g/mol. The van der Waals surface area contributed by atoms with Crippen molar-refractivity contribution in [3.8, 4) is 5.75 Å². The SMILES string of the molecule is Cc1cccc(OCCNc2ccc(Br)cc2C(N)=S)c1. The highest BCUT2D eigenvalue weighted by atomic mass is 79.9. The summed E-state index contributed by atoms with van der Waals surface area (Å²) in [6.07, 6.45) is 0. The van der Waals surface area contributed by atoms with Gasteiger partial charge in [0, 0.05) is 22.3 Å². The third-order valence-electron chi connectivity index (χ3n) is 2.92. The number of halogens is 1. The van der Waals surface area contributed by atoms with Gasteiger partial charge in [0.2, 0.25) is 0 Å². The highest BCUT2D eigenvalue weighted by Gasteiger charge is 2.05. The van der Waals surface area contributed by atoms with Crippen molar-refractivity contribution in [1.29, 1.82) is 0 Å². The molecule has 0 radical (unpaired) electrons. The van der Waals surface area contributed by atoms with Crippen LogP contribution in [0.5, 0.6) is 5.75 Å². The number of rotatable bonds is 6. The average Bonchev–Trinajstić information content (AvgIpc) is 2.44. The molecule has 0 heterocycles. The normalized spacial score (nSPS) is 10.2. The van der Waals surface area contributed by atoms with E-state index in [0.29, 0.717) is 18.1 Å². The van der Waals surface area contributed by atoms with E-state index in [-0.39, 0.29) is 0 Å². The Morgan fingerprint density at radius 1 is 1.29 bits per heavy atom. The maximum Gasteiger partial charge on any atom is 0.119 e. The van der Waals surface area contributed by atoms with Crippen molar-refractivity contribution in [2.75, 3.05) is 18.5 Å². The summed E-state index contributed by atoms with van der Waals surface area (Å²) >= 11 is 8.48. The third-order valence-corrected chi connectivity index (χ3v) is 3.64. The molecular formula is C16H17BrN2OS. The number of aryl methyl sites for hydroxylation is 1. The zero-order valence-electron chi connectivity index (χ0n) is 11.7. The Kier molecular flexibility index (Phi) is 5.59. The van der Waals surface area contributed by atoms with Gasteiger partial charge in [0.15, 0.2) is 0 Å². The lowest BCUT2D eigenvalue weighted by atomic mass is 10.2. The van der Waals surface area contributed by atoms with Crippen LogP contribution in [0.25, 0.3) is 0 Å². The molecule has 0 fully saturated rings. The Bertz CT molecular complexity index is 646. The summed E-state index contributed by atoms with van der Waals surface area (Å²) in [5.41, 5.74) is 8.66. The lowest BCUT2D eigenvalue weighted by Crippen LogP contribution is -2.16. The van der Waals surface area contributed by atoms with Crippen molar-refractivity contribution in [2.45, 2.75) is 6.92 Å². The van der Waals surface area contributed by atoms with Crippen LogP contribution in [0.2, 0.25) is 0 Å². The fourth-order valence-corrected chi connectivity index (χ4v) is 2.46. The predicted octanol–water partition coefficient (Wildman–Crippen LogP) is 3.88. The lowest BCUT2D eigenvalue weighted by molar-refractivity contribution is 0.332. The zero-order chi connectivity index (χ0) is 15.2. The molecule has 3 N–H and O–H groups in total. The number of nitrogens with two attached hydrogens (primary N) is 1. The molecule has 0 atom stereocenters. The van der Waals surface area contributed by atoms with Crippen molar-refractivity contribution in [3.05, 3.63) is 58.1 Å². The molecule has 0 saturated carbocycles. The lowest BCUT2D eigenvalue weighted by Gasteiger charge is -2.12. The quantitative estimate of drug-likeness (QED) is 0.603. The minimum absolute atomic E-state index is 0.374. The van der Waals surface area contributed by atoms with Crippen molar-refractivity contribution in [1.82, 2.24) is 0 Å². The third kappa shape index (κ3) is 4.72. The minimum atomic E-state index is 0.374. The predicted molar refractivity (Wildman–Crippen MR) is 95.2 cm³/mol. The van der Waals surface area contributed by atoms with Gasteiger partial charge in [-0.05, 0) is 42.8 Å². The van der Waals surface area contributed by atoms with Crippen LogP contribution in [0.4, 0.5) is 5.69 Å². The fourth-order valence-electron chi connectivity index (χ4n) is 1.93. The van der Waals surface area contributed by atoms with Crippen molar-refractivity contribution < 1.29 is 4.74 Å². The standard InChI is InChI=1S/C16H17BrN2OS/c1-11-3-2-4-13(9-11)20-8-7-19-15-6-5-12(17)10-14(15)16(18)21/h2-6,9-10,19H,7-8H2,1H3,(H2,18,21). The number of hydrogen-bond acceptors (Lipinski definition) is 3. The zero-order valence-corrected chi connectivity index (χ0v) is 14.1. The smallest absolute Gasteiger partial charge is 0.119 e. The summed E-state index contributed by atoms with van der Waals surface area (Å²) in [5, 5.41) is 3.29. The molecule has 5 heteroatoms. The van der Waals surface area contributed by atoms with E-state index in [0.717, 1.165) is 21.5 Å². The molecule has 0 aliphatic heterocycles. The Balaban J connectivity index is 1.90. The van der Waals surface area contributed by atoms with Crippen LogP contribution in [0.15, 0.2) is 46.9 Å². The minimum Gasteiger partial charge on any atom is -0.492 e. The second-order valence-electron chi connectivity index (χ2n) is 4.65. The Morgan fingerprint density at radius 3 is 2.81 bits per heavy atom. The molecule has 0 saturated heterocycles. The monoisotopic (exact) mass is 364 g/mol. The summed E-state index contributed by atoms with van der Waals surface area (Å²) in [5.74, 6) is 0.877. The molecule has 0 aromatic heterocycles. The largest absolute Gasteiger partial charge is 0.492 e. The number of nitrogens with one attached hydrogen (secondary N) is 1. The van der Waals surface area contributed by atoms with Gasteiger partial charge in [-0.25, -0.2) is 0 Å². The summed E-state index contributed by atoms with van der Waals surface area (Å²) in [6.45, 7) is 3.28. The molecule has 0 aliphatic rings. The number of benzene rings is 2. The summed E-state index contributed by atoms with van der Waals surface area (Å²) in [6, 6.07) is 13.8. The van der Waals surface area contributed by atoms with E-state index >= 15 is 0 Å². The van der Waals surface area contributed by atoms with E-state index in [1.807, 2.05) is 49.4 Å². The number of hydrogen-bond donors (Lipinski definition) is 2. The van der Waals surface area contributed by atoms with Gasteiger partial charge in [-0.15, -0.1) is 0 Å². The van der Waals surface area contributed by atoms with Crippen LogP contribution in [-0.4, -0.2) is 18.1 Å². The first kappa shape index (κ1) is 15.8. The molecule has 0 aliphatic carbocycles. The van der Waals surface area contributed by atoms with Gasteiger partial charge in [-0.3, -0.25) is 0 Å². The van der Waals surface area contributed by atoms with Crippen molar-refractivity contribution in [2.24, 2.45) is 5.73 Å². The first-order chi connectivity index (χ1) is 10.1. The van der Waals surface area contributed by atoms with Crippen LogP contribution in [0.3, 0.4) is 0 Å². The van der Waals surface area contributed by atoms with Crippen molar-refractivity contribution >= 4 is 38.8 Å². The summed E-state index contributed by atoms with van der Waals surface area (Å²) < 4.78 is 6.65. The Hall–Kier alpha value is -1.59. The van der Waals surface area contributed by atoms with Gasteiger partial charge in [0.05, 0.1) is 0 Å². The van der Waals surface area contributed by atoms with Gasteiger partial charge in [0.25, 0.3) is 0 Å². The molecule has 0 unspecified atom stereocenters. The maximum absolute atomic E-state index is 5.73. The Morgan fingerprint density at radius 2 is 2.10 bits per heavy atom.